The van der Waals surface area contributed by atoms with Crippen molar-refractivity contribution in [1.29, 1.82) is 0 Å². The van der Waals surface area contributed by atoms with E-state index in [-0.39, 0.29) is 18.6 Å². The van der Waals surface area contributed by atoms with Crippen molar-refractivity contribution in [2.75, 3.05) is 13.2 Å². The van der Waals surface area contributed by atoms with Crippen molar-refractivity contribution in [3.8, 4) is 0 Å². The van der Waals surface area contributed by atoms with Crippen molar-refractivity contribution in [2.45, 2.75) is 32.5 Å². The zero-order chi connectivity index (χ0) is 13.1. The van der Waals surface area contributed by atoms with Gasteiger partial charge in [0.25, 0.3) is 0 Å². The first-order valence-corrected chi connectivity index (χ1v) is 6.31. The lowest BCUT2D eigenvalue weighted by atomic mass is 10.1. The molecule has 1 aromatic carbocycles. The number of hydrogen-bond donors (Lipinski definition) is 2. The van der Waals surface area contributed by atoms with Crippen molar-refractivity contribution in [3.63, 3.8) is 0 Å². The summed E-state index contributed by atoms with van der Waals surface area (Å²) < 4.78 is 0. The smallest absolute Gasteiger partial charge is 0.239 e. The summed E-state index contributed by atoms with van der Waals surface area (Å²) in [6.45, 7) is 5.32. The predicted octanol–water partition coefficient (Wildman–Crippen LogP) is 0.676. The Morgan fingerprint density at radius 2 is 2.06 bits per heavy atom. The monoisotopic (exact) mass is 248 g/mol. The Morgan fingerprint density at radius 1 is 1.39 bits per heavy atom. The van der Waals surface area contributed by atoms with E-state index in [1.165, 1.54) is 11.1 Å². The Balaban J connectivity index is 2.13. The largest absolute Gasteiger partial charge is 0.394 e. The van der Waals surface area contributed by atoms with E-state index in [0.717, 1.165) is 0 Å². The number of amides is 1. The summed E-state index contributed by atoms with van der Waals surface area (Å²) in [6, 6.07) is 8.08. The average Bonchev–Trinajstić information content (AvgIpc) is 2.37. The van der Waals surface area contributed by atoms with Crippen LogP contribution in [-0.4, -0.2) is 41.1 Å². The first-order chi connectivity index (χ1) is 8.61. The van der Waals surface area contributed by atoms with Gasteiger partial charge >= 0.3 is 0 Å². The van der Waals surface area contributed by atoms with Gasteiger partial charge in [-0.25, -0.2) is 0 Å². The van der Waals surface area contributed by atoms with Crippen LogP contribution in [0.5, 0.6) is 0 Å². The molecule has 2 unspecified atom stereocenters. The maximum atomic E-state index is 11.7. The third-order valence-corrected chi connectivity index (χ3v) is 3.50. The standard InChI is InChI=1S/C14H20N2O2/c1-10-3-5-12(6-4-10)8-16-11(2)7-15-14(18)13(16)9-17/h3-6,11,13,17H,7-9H2,1-2H3,(H,15,18). The second kappa shape index (κ2) is 5.50. The third kappa shape index (κ3) is 2.71. The van der Waals surface area contributed by atoms with Gasteiger partial charge in [-0.2, -0.15) is 0 Å². The first-order valence-electron chi connectivity index (χ1n) is 6.31. The van der Waals surface area contributed by atoms with E-state index in [2.05, 4.69) is 48.3 Å². The number of carbonyl (C=O) groups is 1. The number of nitrogens with zero attached hydrogens (tertiary/aromatic N) is 1. The highest BCUT2D eigenvalue weighted by Crippen LogP contribution is 2.16. The van der Waals surface area contributed by atoms with Crippen molar-refractivity contribution in [3.05, 3.63) is 35.4 Å². The molecule has 1 fully saturated rings. The molecule has 18 heavy (non-hydrogen) atoms. The summed E-state index contributed by atoms with van der Waals surface area (Å²) in [6.07, 6.45) is 0. The summed E-state index contributed by atoms with van der Waals surface area (Å²) in [4.78, 5) is 13.8. The number of aliphatic hydroxyl groups excluding tert-OH is 1. The van der Waals surface area contributed by atoms with Crippen LogP contribution in [-0.2, 0) is 11.3 Å². The van der Waals surface area contributed by atoms with Gasteiger partial charge in [0.2, 0.25) is 5.91 Å². The van der Waals surface area contributed by atoms with Crippen LogP contribution in [0.4, 0.5) is 0 Å². The van der Waals surface area contributed by atoms with Crippen LogP contribution in [0.15, 0.2) is 24.3 Å². The number of hydrogen-bond acceptors (Lipinski definition) is 3. The molecule has 0 saturated carbocycles. The van der Waals surface area contributed by atoms with Crippen molar-refractivity contribution in [1.82, 2.24) is 10.2 Å². The van der Waals surface area contributed by atoms with Gasteiger partial charge in [-0.05, 0) is 19.4 Å². The van der Waals surface area contributed by atoms with Crippen molar-refractivity contribution < 1.29 is 9.90 Å². The molecule has 2 N–H and O–H groups in total. The molecular weight excluding hydrogens is 228 g/mol. The van der Waals surface area contributed by atoms with Gasteiger partial charge in [-0.1, -0.05) is 29.8 Å². The molecule has 1 aromatic rings. The fourth-order valence-corrected chi connectivity index (χ4v) is 2.30. The zero-order valence-electron chi connectivity index (χ0n) is 10.9. The van der Waals surface area contributed by atoms with Gasteiger partial charge in [0.15, 0.2) is 0 Å². The maximum absolute atomic E-state index is 11.7. The number of aryl methyl sites for hydroxylation is 1. The Morgan fingerprint density at radius 3 is 2.67 bits per heavy atom. The molecule has 0 bridgehead atoms. The summed E-state index contributed by atoms with van der Waals surface area (Å²) in [5.74, 6) is -0.0808. The molecule has 1 aliphatic heterocycles. The Bertz CT molecular complexity index is 416. The van der Waals surface area contributed by atoms with Gasteiger partial charge in [0.1, 0.15) is 6.04 Å². The molecule has 2 atom stereocenters. The molecule has 4 nitrogen and oxygen atoms in total. The van der Waals surface area contributed by atoms with Crippen LogP contribution >= 0.6 is 0 Å². The molecule has 0 spiro atoms. The van der Waals surface area contributed by atoms with E-state index >= 15 is 0 Å². The predicted molar refractivity (Wildman–Crippen MR) is 70.1 cm³/mol. The molecule has 0 aliphatic carbocycles. The topological polar surface area (TPSA) is 52.6 Å². The van der Waals surface area contributed by atoms with Crippen LogP contribution in [0, 0.1) is 6.92 Å². The minimum atomic E-state index is -0.435. The van der Waals surface area contributed by atoms with E-state index in [1.807, 2.05) is 0 Å². The number of nitrogens with one attached hydrogen (secondary N) is 1. The van der Waals surface area contributed by atoms with E-state index in [9.17, 15) is 9.90 Å². The lowest BCUT2D eigenvalue weighted by Crippen LogP contribution is -2.60. The molecule has 0 aromatic heterocycles. The minimum Gasteiger partial charge on any atom is -0.394 e. The second-order valence-corrected chi connectivity index (χ2v) is 4.95. The molecule has 1 aliphatic rings. The van der Waals surface area contributed by atoms with Gasteiger partial charge in [-0.3, -0.25) is 9.69 Å². The van der Waals surface area contributed by atoms with E-state index in [0.29, 0.717) is 13.1 Å². The van der Waals surface area contributed by atoms with Crippen LogP contribution < -0.4 is 5.32 Å². The maximum Gasteiger partial charge on any atom is 0.239 e. The third-order valence-electron chi connectivity index (χ3n) is 3.50. The van der Waals surface area contributed by atoms with Crippen molar-refractivity contribution >= 4 is 5.91 Å². The fourth-order valence-electron chi connectivity index (χ4n) is 2.30. The zero-order valence-corrected chi connectivity index (χ0v) is 10.9. The number of rotatable bonds is 3. The molecule has 1 amide bonds. The highest BCUT2D eigenvalue weighted by atomic mass is 16.3. The molecule has 1 heterocycles. The highest BCUT2D eigenvalue weighted by Gasteiger charge is 2.33. The molecule has 4 heteroatoms. The average molecular weight is 248 g/mol. The van der Waals surface area contributed by atoms with Crippen LogP contribution in [0.2, 0.25) is 0 Å². The molecule has 0 radical (unpaired) electrons. The van der Waals surface area contributed by atoms with E-state index in [1.54, 1.807) is 0 Å². The van der Waals surface area contributed by atoms with Gasteiger partial charge in [0.05, 0.1) is 6.61 Å². The SMILES string of the molecule is Cc1ccc(CN2C(C)CNC(=O)C2CO)cc1. The summed E-state index contributed by atoms with van der Waals surface area (Å²) in [7, 11) is 0. The quantitative estimate of drug-likeness (QED) is 0.827. The summed E-state index contributed by atoms with van der Waals surface area (Å²) in [5.41, 5.74) is 2.39. The van der Waals surface area contributed by atoms with Gasteiger partial charge < -0.3 is 10.4 Å². The molecule has 1 saturated heterocycles. The number of piperazine rings is 1. The van der Waals surface area contributed by atoms with Crippen LogP contribution in [0.1, 0.15) is 18.1 Å². The first kappa shape index (κ1) is 13.1. The fraction of sp³-hybridized carbons (Fsp3) is 0.500. The number of carbonyl (C=O) groups excluding carboxylic acids is 1. The molecular formula is C14H20N2O2. The minimum absolute atomic E-state index is 0.0808. The molecule has 2 rings (SSSR count). The van der Waals surface area contributed by atoms with Gasteiger partial charge in [0, 0.05) is 19.1 Å². The number of aliphatic hydroxyl groups is 1. The Hall–Kier alpha value is -1.39. The van der Waals surface area contributed by atoms with Crippen LogP contribution in [0.3, 0.4) is 0 Å². The highest BCUT2D eigenvalue weighted by molar-refractivity contribution is 5.82. The normalized spacial score (nSPS) is 24.9. The number of benzene rings is 1. The van der Waals surface area contributed by atoms with E-state index < -0.39 is 6.04 Å². The van der Waals surface area contributed by atoms with Crippen molar-refractivity contribution in [2.24, 2.45) is 0 Å². The van der Waals surface area contributed by atoms with Crippen LogP contribution in [0.25, 0.3) is 0 Å². The van der Waals surface area contributed by atoms with Gasteiger partial charge in [-0.15, -0.1) is 0 Å². The molecule has 98 valence electrons. The lowest BCUT2D eigenvalue weighted by Gasteiger charge is -2.39. The Labute approximate surface area is 108 Å². The lowest BCUT2D eigenvalue weighted by molar-refractivity contribution is -0.133. The summed E-state index contributed by atoms with van der Waals surface area (Å²) >= 11 is 0. The van der Waals surface area contributed by atoms with E-state index in [4.69, 9.17) is 0 Å². The Kier molecular flexibility index (Phi) is 3.99. The summed E-state index contributed by atoms with van der Waals surface area (Å²) in [5, 5.41) is 12.2. The second-order valence-electron chi connectivity index (χ2n) is 4.95.